The van der Waals surface area contributed by atoms with E-state index in [0.29, 0.717) is 29.9 Å². The number of rotatable bonds is 6. The molecule has 8 nitrogen and oxygen atoms in total. The molecule has 0 saturated carbocycles. The number of nitrogens with zero attached hydrogens (tertiary/aromatic N) is 3. The van der Waals surface area contributed by atoms with Crippen LogP contribution in [0.3, 0.4) is 0 Å². The molecule has 9 heteroatoms. The monoisotopic (exact) mass is 502 g/mol. The van der Waals surface area contributed by atoms with E-state index in [1.54, 1.807) is 49.7 Å². The average Bonchev–Trinajstić information content (AvgIpc) is 2.92. The van der Waals surface area contributed by atoms with E-state index in [9.17, 15) is 13.2 Å². The third kappa shape index (κ3) is 4.83. The summed E-state index contributed by atoms with van der Waals surface area (Å²) in [5.74, 6) is 0.728. The van der Waals surface area contributed by atoms with Crippen molar-refractivity contribution in [2.75, 3.05) is 42.9 Å². The quantitative estimate of drug-likeness (QED) is 0.428. The third-order valence-corrected chi connectivity index (χ3v) is 7.67. The van der Waals surface area contributed by atoms with Crippen LogP contribution in [0.25, 0.3) is 10.9 Å². The van der Waals surface area contributed by atoms with Gasteiger partial charge < -0.3 is 14.5 Å². The minimum absolute atomic E-state index is 0.0760. The van der Waals surface area contributed by atoms with Gasteiger partial charge in [-0.2, -0.15) is 0 Å². The highest BCUT2D eigenvalue weighted by molar-refractivity contribution is 7.93. The zero-order valence-corrected chi connectivity index (χ0v) is 20.6. The lowest BCUT2D eigenvalue weighted by Crippen LogP contribution is -2.48. The number of hydrogen-bond donors (Lipinski definition) is 1. The molecule has 2 heterocycles. The molecule has 0 radical (unpaired) electrons. The zero-order chi connectivity index (χ0) is 25.1. The second-order valence-corrected chi connectivity index (χ2v) is 10.1. The normalized spacial score (nSPS) is 14.0. The highest BCUT2D eigenvalue weighted by Crippen LogP contribution is 2.25. The van der Waals surface area contributed by atoms with Crippen molar-refractivity contribution in [3.63, 3.8) is 0 Å². The van der Waals surface area contributed by atoms with E-state index in [4.69, 9.17) is 4.74 Å². The minimum Gasteiger partial charge on any atom is -0.497 e. The van der Waals surface area contributed by atoms with Gasteiger partial charge in [-0.15, -0.1) is 0 Å². The SMILES string of the molecule is COc1cccc(N2CCN(C(=O)c3ccc(NS(=O)(=O)c4cccc5cccnc45)cc3)CC2)c1. The van der Waals surface area contributed by atoms with Gasteiger partial charge in [-0.1, -0.05) is 24.3 Å². The molecule has 3 aromatic carbocycles. The molecule has 1 aliphatic rings. The summed E-state index contributed by atoms with van der Waals surface area (Å²) in [5.41, 5.74) is 2.37. The molecule has 0 aliphatic carbocycles. The fourth-order valence-corrected chi connectivity index (χ4v) is 5.58. The molecule has 4 aromatic rings. The van der Waals surface area contributed by atoms with E-state index < -0.39 is 10.0 Å². The van der Waals surface area contributed by atoms with Crippen LogP contribution in [0.15, 0.2) is 90.0 Å². The number of carbonyl (C=O) groups excluding carboxylic acids is 1. The number of carbonyl (C=O) groups is 1. The zero-order valence-electron chi connectivity index (χ0n) is 19.8. The van der Waals surface area contributed by atoms with Gasteiger partial charge in [-0.3, -0.25) is 14.5 Å². The van der Waals surface area contributed by atoms with Crippen LogP contribution in [0.4, 0.5) is 11.4 Å². The molecule has 36 heavy (non-hydrogen) atoms. The van der Waals surface area contributed by atoms with Gasteiger partial charge in [0.05, 0.1) is 12.6 Å². The molecule has 0 bridgehead atoms. The molecule has 0 atom stereocenters. The molecule has 184 valence electrons. The molecular formula is C27H26N4O4S. The molecule has 1 saturated heterocycles. The van der Waals surface area contributed by atoms with Crippen molar-refractivity contribution in [1.82, 2.24) is 9.88 Å². The molecule has 1 amide bonds. The maximum absolute atomic E-state index is 13.0. The first kappa shape index (κ1) is 23.6. The lowest BCUT2D eigenvalue weighted by atomic mass is 10.1. The number of methoxy groups -OCH3 is 1. The van der Waals surface area contributed by atoms with E-state index in [0.717, 1.165) is 29.9 Å². The Hall–Kier alpha value is -4.11. The molecule has 1 fully saturated rings. The van der Waals surface area contributed by atoms with Gasteiger partial charge in [0.15, 0.2) is 0 Å². The number of ether oxygens (including phenoxy) is 1. The summed E-state index contributed by atoms with van der Waals surface area (Å²) in [6.07, 6.45) is 1.57. The van der Waals surface area contributed by atoms with Crippen molar-refractivity contribution in [2.45, 2.75) is 4.90 Å². The number of fused-ring (bicyclic) bond motifs is 1. The Labute approximate surface area is 210 Å². The summed E-state index contributed by atoms with van der Waals surface area (Å²) in [7, 11) is -2.21. The number of aromatic nitrogens is 1. The van der Waals surface area contributed by atoms with Crippen molar-refractivity contribution in [3.8, 4) is 5.75 Å². The summed E-state index contributed by atoms with van der Waals surface area (Å²) in [5, 5.41) is 0.743. The Kier molecular flexibility index (Phi) is 6.47. The van der Waals surface area contributed by atoms with Gasteiger partial charge in [0.1, 0.15) is 10.6 Å². The van der Waals surface area contributed by atoms with Crippen LogP contribution in [0.5, 0.6) is 5.75 Å². The van der Waals surface area contributed by atoms with Crippen LogP contribution in [-0.4, -0.2) is 57.5 Å². The van der Waals surface area contributed by atoms with E-state index in [1.165, 1.54) is 6.07 Å². The van der Waals surface area contributed by atoms with Crippen LogP contribution in [-0.2, 0) is 10.0 Å². The Morgan fingerprint density at radius 2 is 1.64 bits per heavy atom. The van der Waals surface area contributed by atoms with Crippen LogP contribution in [0.1, 0.15) is 10.4 Å². The summed E-state index contributed by atoms with van der Waals surface area (Å²) in [6.45, 7) is 2.63. The first-order chi connectivity index (χ1) is 17.4. The van der Waals surface area contributed by atoms with Crippen molar-refractivity contribution in [1.29, 1.82) is 0 Å². The van der Waals surface area contributed by atoms with Crippen LogP contribution >= 0.6 is 0 Å². The minimum atomic E-state index is -3.85. The number of anilines is 2. The van der Waals surface area contributed by atoms with E-state index in [2.05, 4.69) is 14.6 Å². The summed E-state index contributed by atoms with van der Waals surface area (Å²) >= 11 is 0. The standard InChI is InChI=1S/C27H26N4O4S/c1-35-24-8-3-7-23(19-24)30-15-17-31(18-16-30)27(32)21-10-12-22(13-11-21)29-36(33,34)25-9-2-5-20-6-4-14-28-26(20)25/h2-14,19,29H,15-18H2,1H3. The van der Waals surface area contributed by atoms with Gasteiger partial charge in [0.2, 0.25) is 0 Å². The molecule has 5 rings (SSSR count). The largest absolute Gasteiger partial charge is 0.497 e. The number of pyridine rings is 1. The molecule has 1 aromatic heterocycles. The smallest absolute Gasteiger partial charge is 0.264 e. The number of para-hydroxylation sites is 1. The fourth-order valence-electron chi connectivity index (χ4n) is 4.34. The Morgan fingerprint density at radius 3 is 2.39 bits per heavy atom. The molecule has 1 aliphatic heterocycles. The van der Waals surface area contributed by atoms with Gasteiger partial charge in [-0.25, -0.2) is 8.42 Å². The van der Waals surface area contributed by atoms with Gasteiger partial charge >= 0.3 is 0 Å². The molecule has 0 unspecified atom stereocenters. The first-order valence-electron chi connectivity index (χ1n) is 11.6. The highest BCUT2D eigenvalue weighted by atomic mass is 32.2. The lowest BCUT2D eigenvalue weighted by molar-refractivity contribution is 0.0747. The summed E-state index contributed by atoms with van der Waals surface area (Å²) in [6, 6.07) is 23.0. The predicted octanol–water partition coefficient (Wildman–Crippen LogP) is 4.01. The van der Waals surface area contributed by atoms with Crippen molar-refractivity contribution in [2.24, 2.45) is 0 Å². The Balaban J connectivity index is 1.24. The lowest BCUT2D eigenvalue weighted by Gasteiger charge is -2.36. The second kappa shape index (κ2) is 9.87. The van der Waals surface area contributed by atoms with E-state index in [-0.39, 0.29) is 10.8 Å². The number of amides is 1. The number of hydrogen-bond acceptors (Lipinski definition) is 6. The average molecular weight is 503 g/mol. The maximum Gasteiger partial charge on any atom is 0.264 e. The summed E-state index contributed by atoms with van der Waals surface area (Å²) in [4.78, 5) is 21.4. The highest BCUT2D eigenvalue weighted by Gasteiger charge is 2.23. The number of nitrogens with one attached hydrogen (secondary N) is 1. The Bertz CT molecular complexity index is 1490. The molecular weight excluding hydrogens is 476 g/mol. The van der Waals surface area contributed by atoms with Gasteiger partial charge in [0.25, 0.3) is 15.9 Å². The van der Waals surface area contributed by atoms with Gasteiger partial charge in [0, 0.05) is 60.8 Å². The van der Waals surface area contributed by atoms with Crippen molar-refractivity contribution < 1.29 is 17.9 Å². The Morgan fingerprint density at radius 1 is 0.917 bits per heavy atom. The van der Waals surface area contributed by atoms with E-state index in [1.807, 2.05) is 41.3 Å². The van der Waals surface area contributed by atoms with Crippen molar-refractivity contribution in [3.05, 3.63) is 90.6 Å². The second-order valence-electron chi connectivity index (χ2n) is 8.49. The third-order valence-electron chi connectivity index (χ3n) is 6.25. The predicted molar refractivity (Wildman–Crippen MR) is 140 cm³/mol. The maximum atomic E-state index is 13.0. The molecule has 1 N–H and O–H groups in total. The summed E-state index contributed by atoms with van der Waals surface area (Å²) < 4.78 is 34.0. The number of benzene rings is 3. The topological polar surface area (TPSA) is 91.8 Å². The van der Waals surface area contributed by atoms with E-state index >= 15 is 0 Å². The van der Waals surface area contributed by atoms with Crippen LogP contribution in [0, 0.1) is 0 Å². The van der Waals surface area contributed by atoms with Crippen LogP contribution in [0.2, 0.25) is 0 Å². The molecule has 0 spiro atoms. The van der Waals surface area contributed by atoms with Gasteiger partial charge in [-0.05, 0) is 48.5 Å². The first-order valence-corrected chi connectivity index (χ1v) is 13.1. The number of sulfonamides is 1. The van der Waals surface area contributed by atoms with Crippen molar-refractivity contribution >= 4 is 38.2 Å². The fraction of sp³-hybridized carbons (Fsp3) is 0.185. The number of piperazine rings is 1. The van der Waals surface area contributed by atoms with Crippen LogP contribution < -0.4 is 14.4 Å².